The Morgan fingerprint density at radius 3 is 2.45 bits per heavy atom. The molecule has 1 amide bonds. The van der Waals surface area contributed by atoms with Gasteiger partial charge in [-0.3, -0.25) is 25.4 Å². The Bertz CT molecular complexity index is 833. The molecule has 7 heteroatoms. The van der Waals surface area contributed by atoms with E-state index in [4.69, 9.17) is 4.74 Å². The highest BCUT2D eigenvalue weighted by Crippen LogP contribution is 2.28. The van der Waals surface area contributed by atoms with Gasteiger partial charge < -0.3 is 9.84 Å². The average Bonchev–Trinajstić information content (AvgIpc) is 2.74. The average molecular weight is 396 g/mol. The van der Waals surface area contributed by atoms with Gasteiger partial charge in [-0.25, -0.2) is 0 Å². The summed E-state index contributed by atoms with van der Waals surface area (Å²) in [4.78, 5) is 16.8. The standard InChI is InChI=1S/C22H28N4O3/c1-17(19-8-9-20(27)21(14-19)29-2)23-24-22(28)16-26-12-10-25(11-13-26)15-18-6-4-3-5-7-18/h3-9,14,23,27H,1,10-13,15-16H2,2H3,(H,24,28). The Labute approximate surface area is 171 Å². The van der Waals surface area contributed by atoms with Gasteiger partial charge in [0.1, 0.15) is 0 Å². The number of phenolic OH excluding ortho intramolecular Hbond substituents is 1. The molecule has 3 N–H and O–H groups in total. The van der Waals surface area contributed by atoms with Crippen LogP contribution in [0.15, 0.2) is 55.1 Å². The van der Waals surface area contributed by atoms with Crippen LogP contribution >= 0.6 is 0 Å². The van der Waals surface area contributed by atoms with Crippen molar-refractivity contribution in [2.45, 2.75) is 6.54 Å². The molecule has 1 heterocycles. The van der Waals surface area contributed by atoms with Gasteiger partial charge in [0.15, 0.2) is 11.5 Å². The monoisotopic (exact) mass is 396 g/mol. The van der Waals surface area contributed by atoms with Crippen molar-refractivity contribution < 1.29 is 14.6 Å². The summed E-state index contributed by atoms with van der Waals surface area (Å²) in [7, 11) is 1.48. The number of rotatable bonds is 8. The second-order valence-electron chi connectivity index (χ2n) is 7.08. The number of aromatic hydroxyl groups is 1. The normalized spacial score (nSPS) is 14.9. The van der Waals surface area contributed by atoms with Crippen molar-refractivity contribution in [3.05, 3.63) is 66.2 Å². The van der Waals surface area contributed by atoms with Crippen molar-refractivity contribution in [1.82, 2.24) is 20.7 Å². The van der Waals surface area contributed by atoms with Gasteiger partial charge in [0, 0.05) is 38.3 Å². The molecule has 1 fully saturated rings. The van der Waals surface area contributed by atoms with Crippen LogP contribution in [-0.2, 0) is 11.3 Å². The van der Waals surface area contributed by atoms with Crippen LogP contribution in [0, 0.1) is 0 Å². The lowest BCUT2D eigenvalue weighted by molar-refractivity contribution is -0.123. The zero-order valence-corrected chi connectivity index (χ0v) is 16.7. The Balaban J connectivity index is 1.39. The van der Waals surface area contributed by atoms with Gasteiger partial charge in [-0.05, 0) is 23.8 Å². The van der Waals surface area contributed by atoms with Crippen molar-refractivity contribution in [3.63, 3.8) is 0 Å². The number of nitrogens with one attached hydrogen (secondary N) is 2. The van der Waals surface area contributed by atoms with Crippen LogP contribution in [0.4, 0.5) is 0 Å². The van der Waals surface area contributed by atoms with Crippen molar-refractivity contribution in [2.75, 3.05) is 39.8 Å². The molecule has 0 aromatic heterocycles. The number of amides is 1. The molecule has 1 saturated heterocycles. The van der Waals surface area contributed by atoms with Gasteiger partial charge in [-0.15, -0.1) is 0 Å². The molecule has 0 atom stereocenters. The topological polar surface area (TPSA) is 77.1 Å². The molecule has 0 unspecified atom stereocenters. The van der Waals surface area contributed by atoms with Crippen LogP contribution in [0.1, 0.15) is 11.1 Å². The lowest BCUT2D eigenvalue weighted by atomic mass is 10.1. The molecule has 2 aromatic rings. The van der Waals surface area contributed by atoms with Crippen LogP contribution in [0.3, 0.4) is 0 Å². The minimum Gasteiger partial charge on any atom is -0.504 e. The van der Waals surface area contributed by atoms with E-state index in [0.717, 1.165) is 38.3 Å². The van der Waals surface area contributed by atoms with E-state index in [1.165, 1.54) is 18.7 Å². The van der Waals surface area contributed by atoms with Crippen molar-refractivity contribution >= 4 is 11.6 Å². The zero-order chi connectivity index (χ0) is 20.6. The number of hydrazine groups is 1. The number of nitrogens with zero attached hydrogens (tertiary/aromatic N) is 2. The second-order valence-corrected chi connectivity index (χ2v) is 7.08. The minimum atomic E-state index is -0.117. The second kappa shape index (κ2) is 9.95. The number of phenols is 1. The molecule has 29 heavy (non-hydrogen) atoms. The summed E-state index contributed by atoms with van der Waals surface area (Å²) in [6, 6.07) is 15.3. The predicted octanol–water partition coefficient (Wildman–Crippen LogP) is 1.81. The summed E-state index contributed by atoms with van der Waals surface area (Å²) in [5.41, 5.74) is 8.06. The molecule has 0 spiro atoms. The number of hydrogen-bond donors (Lipinski definition) is 3. The lowest BCUT2D eigenvalue weighted by Crippen LogP contribution is -2.50. The van der Waals surface area contributed by atoms with E-state index in [2.05, 4.69) is 51.5 Å². The van der Waals surface area contributed by atoms with Gasteiger partial charge in [0.05, 0.1) is 19.4 Å². The molecule has 2 aromatic carbocycles. The number of ether oxygens (including phenoxy) is 1. The summed E-state index contributed by atoms with van der Waals surface area (Å²) in [6.07, 6.45) is 0. The third kappa shape index (κ3) is 5.97. The van der Waals surface area contributed by atoms with Gasteiger partial charge >= 0.3 is 0 Å². The highest BCUT2D eigenvalue weighted by molar-refractivity contribution is 5.79. The highest BCUT2D eigenvalue weighted by atomic mass is 16.5. The third-order valence-electron chi connectivity index (χ3n) is 4.96. The van der Waals surface area contributed by atoms with E-state index < -0.39 is 0 Å². The Kier molecular flexibility index (Phi) is 7.10. The first-order valence-corrected chi connectivity index (χ1v) is 9.65. The molecule has 7 nitrogen and oxygen atoms in total. The van der Waals surface area contributed by atoms with Crippen LogP contribution < -0.4 is 15.6 Å². The van der Waals surface area contributed by atoms with Crippen molar-refractivity contribution in [2.24, 2.45) is 0 Å². The molecule has 1 aliphatic rings. The fourth-order valence-corrected chi connectivity index (χ4v) is 3.27. The minimum absolute atomic E-state index is 0.0551. The lowest BCUT2D eigenvalue weighted by Gasteiger charge is -2.34. The van der Waals surface area contributed by atoms with Gasteiger partial charge in [-0.2, -0.15) is 0 Å². The maximum atomic E-state index is 12.3. The SMILES string of the molecule is C=C(NNC(=O)CN1CCN(Cc2ccccc2)CC1)c1ccc(O)c(OC)c1. The number of benzene rings is 2. The van der Waals surface area contributed by atoms with E-state index in [-0.39, 0.29) is 11.7 Å². The maximum absolute atomic E-state index is 12.3. The number of piperazine rings is 1. The van der Waals surface area contributed by atoms with E-state index in [1.807, 2.05) is 6.07 Å². The molecule has 3 rings (SSSR count). The summed E-state index contributed by atoms with van der Waals surface area (Å²) in [6.45, 7) is 8.78. The first-order chi connectivity index (χ1) is 14.0. The maximum Gasteiger partial charge on any atom is 0.252 e. The number of carbonyl (C=O) groups is 1. The molecule has 0 bridgehead atoms. The molecular formula is C22H28N4O3. The largest absolute Gasteiger partial charge is 0.504 e. The summed E-state index contributed by atoms with van der Waals surface area (Å²) >= 11 is 0. The first-order valence-electron chi connectivity index (χ1n) is 9.65. The highest BCUT2D eigenvalue weighted by Gasteiger charge is 2.19. The van der Waals surface area contributed by atoms with Crippen molar-refractivity contribution in [3.8, 4) is 11.5 Å². The number of carbonyl (C=O) groups excluding carboxylic acids is 1. The first kappa shape index (κ1) is 20.7. The zero-order valence-electron chi connectivity index (χ0n) is 16.7. The summed E-state index contributed by atoms with van der Waals surface area (Å²) in [5.74, 6) is 0.290. The Morgan fingerprint density at radius 2 is 1.76 bits per heavy atom. The van der Waals surface area contributed by atoms with Gasteiger partial charge in [0.25, 0.3) is 5.91 Å². The van der Waals surface area contributed by atoms with Gasteiger partial charge in [-0.1, -0.05) is 36.9 Å². The summed E-state index contributed by atoms with van der Waals surface area (Å²) in [5, 5.41) is 9.66. The van der Waals surface area contributed by atoms with Crippen molar-refractivity contribution in [1.29, 1.82) is 0 Å². The van der Waals surface area contributed by atoms with Crippen LogP contribution in [0.25, 0.3) is 5.70 Å². The van der Waals surface area contributed by atoms with Gasteiger partial charge in [0.2, 0.25) is 0 Å². The fraction of sp³-hybridized carbons (Fsp3) is 0.318. The van der Waals surface area contributed by atoms with Crippen LogP contribution in [0.2, 0.25) is 0 Å². The van der Waals surface area contributed by atoms with E-state index in [9.17, 15) is 9.90 Å². The summed E-state index contributed by atoms with van der Waals surface area (Å²) < 4.78 is 5.09. The van der Waals surface area contributed by atoms with Crippen LogP contribution in [-0.4, -0.2) is 60.6 Å². The third-order valence-corrected chi connectivity index (χ3v) is 4.96. The molecule has 0 aliphatic carbocycles. The quantitative estimate of drug-likeness (QED) is 0.591. The number of methoxy groups -OCH3 is 1. The predicted molar refractivity (Wildman–Crippen MR) is 113 cm³/mol. The molecule has 1 aliphatic heterocycles. The van der Waals surface area contributed by atoms with Crippen LogP contribution in [0.5, 0.6) is 11.5 Å². The van der Waals surface area contributed by atoms with E-state index in [1.54, 1.807) is 12.1 Å². The van der Waals surface area contributed by atoms with E-state index in [0.29, 0.717) is 18.0 Å². The molecular weight excluding hydrogens is 368 g/mol. The molecule has 0 radical (unpaired) electrons. The number of hydrogen-bond acceptors (Lipinski definition) is 6. The fourth-order valence-electron chi connectivity index (χ4n) is 3.27. The molecule has 0 saturated carbocycles. The Morgan fingerprint density at radius 1 is 1.07 bits per heavy atom. The molecule has 154 valence electrons. The van der Waals surface area contributed by atoms with E-state index >= 15 is 0 Å². The smallest absolute Gasteiger partial charge is 0.252 e. The Hall–Kier alpha value is -3.03.